The van der Waals surface area contributed by atoms with Gasteiger partial charge in [-0.25, -0.2) is 0 Å². The lowest BCUT2D eigenvalue weighted by Crippen LogP contribution is -2.41. The van der Waals surface area contributed by atoms with E-state index in [0.717, 1.165) is 30.2 Å². The van der Waals surface area contributed by atoms with Crippen LogP contribution in [-0.4, -0.2) is 11.7 Å². The molecule has 0 amide bonds. The lowest BCUT2D eigenvalue weighted by molar-refractivity contribution is -0.0288. The van der Waals surface area contributed by atoms with Crippen LogP contribution < -0.4 is 5.73 Å². The van der Waals surface area contributed by atoms with E-state index in [1.165, 1.54) is 6.42 Å². The summed E-state index contributed by atoms with van der Waals surface area (Å²) in [6, 6.07) is 1.84. The number of nitrogens with two attached hydrogens (primary N) is 1. The van der Waals surface area contributed by atoms with Crippen molar-refractivity contribution in [3.8, 4) is 0 Å². The van der Waals surface area contributed by atoms with Gasteiger partial charge in [0.2, 0.25) is 0 Å². The minimum atomic E-state index is -0.630. The van der Waals surface area contributed by atoms with Crippen LogP contribution >= 0.6 is 31.9 Å². The van der Waals surface area contributed by atoms with E-state index in [-0.39, 0.29) is 5.41 Å². The molecule has 5 heteroatoms. The molecule has 0 bridgehead atoms. The highest BCUT2D eigenvalue weighted by atomic mass is 79.9. The van der Waals surface area contributed by atoms with Gasteiger partial charge in [0, 0.05) is 12.0 Å². The summed E-state index contributed by atoms with van der Waals surface area (Å²) < 4.78 is 7.04. The van der Waals surface area contributed by atoms with Crippen LogP contribution in [0.15, 0.2) is 19.6 Å². The van der Waals surface area contributed by atoms with E-state index >= 15 is 0 Å². The number of hydrogen-bond acceptors (Lipinski definition) is 3. The third-order valence-electron chi connectivity index (χ3n) is 4.48. The van der Waals surface area contributed by atoms with Crippen molar-refractivity contribution in [2.24, 2.45) is 17.1 Å². The molecular formula is C14H21Br2NO2. The van der Waals surface area contributed by atoms with E-state index in [1.807, 2.05) is 6.07 Å². The van der Waals surface area contributed by atoms with Gasteiger partial charge in [-0.15, -0.1) is 0 Å². The molecule has 0 radical (unpaired) electrons. The van der Waals surface area contributed by atoms with Crippen LogP contribution in [0.5, 0.6) is 0 Å². The highest BCUT2D eigenvalue weighted by Crippen LogP contribution is 2.49. The van der Waals surface area contributed by atoms with Crippen molar-refractivity contribution in [2.75, 3.05) is 6.54 Å². The summed E-state index contributed by atoms with van der Waals surface area (Å²) in [5, 5.41) is 10.7. The highest BCUT2D eigenvalue weighted by molar-refractivity contribution is 9.13. The van der Waals surface area contributed by atoms with Gasteiger partial charge in [0.05, 0.1) is 4.47 Å². The first-order valence-electron chi connectivity index (χ1n) is 6.85. The van der Waals surface area contributed by atoms with Gasteiger partial charge < -0.3 is 15.3 Å². The maximum absolute atomic E-state index is 10.7. The van der Waals surface area contributed by atoms with Crippen LogP contribution in [0.2, 0.25) is 0 Å². The first-order chi connectivity index (χ1) is 9.02. The van der Waals surface area contributed by atoms with Crippen molar-refractivity contribution in [3.05, 3.63) is 21.0 Å². The second-order valence-electron chi connectivity index (χ2n) is 5.61. The number of furan rings is 1. The van der Waals surface area contributed by atoms with Crippen LogP contribution in [0, 0.1) is 11.3 Å². The molecular weight excluding hydrogens is 374 g/mol. The lowest BCUT2D eigenvalue weighted by Gasteiger charge is -2.42. The van der Waals surface area contributed by atoms with Gasteiger partial charge in [-0.2, -0.15) is 0 Å². The van der Waals surface area contributed by atoms with E-state index < -0.39 is 6.10 Å². The Kier molecular flexibility index (Phi) is 5.15. The third kappa shape index (κ3) is 3.09. The summed E-state index contributed by atoms with van der Waals surface area (Å²) in [7, 11) is 0. The molecule has 2 rings (SSSR count). The van der Waals surface area contributed by atoms with Crippen molar-refractivity contribution >= 4 is 31.9 Å². The fraction of sp³-hybridized carbons (Fsp3) is 0.714. The van der Waals surface area contributed by atoms with E-state index in [0.29, 0.717) is 22.9 Å². The maximum Gasteiger partial charge on any atom is 0.183 e. The topological polar surface area (TPSA) is 59.4 Å². The van der Waals surface area contributed by atoms with Crippen molar-refractivity contribution in [2.45, 2.75) is 45.1 Å². The Balaban J connectivity index is 2.24. The molecule has 1 aliphatic carbocycles. The summed E-state index contributed by atoms with van der Waals surface area (Å²) in [6.45, 7) is 2.71. The van der Waals surface area contributed by atoms with Crippen LogP contribution in [0.1, 0.15) is 50.9 Å². The molecule has 0 aromatic carbocycles. The minimum Gasteiger partial charge on any atom is -0.450 e. The fourth-order valence-electron chi connectivity index (χ4n) is 3.22. The summed E-state index contributed by atoms with van der Waals surface area (Å²) in [5.41, 5.74) is 5.77. The van der Waals surface area contributed by atoms with E-state index in [2.05, 4.69) is 38.8 Å². The number of aliphatic hydroxyl groups excluding tert-OH is 1. The quantitative estimate of drug-likeness (QED) is 0.796. The summed E-state index contributed by atoms with van der Waals surface area (Å²) in [4.78, 5) is 0. The smallest absolute Gasteiger partial charge is 0.183 e. The SMILES string of the molecule is CCC1CCCC(CN)(C(O)c2cc(Br)c(Br)o2)C1. The van der Waals surface area contributed by atoms with Crippen LogP contribution in [0.25, 0.3) is 0 Å². The Morgan fingerprint density at radius 2 is 2.32 bits per heavy atom. The zero-order chi connectivity index (χ0) is 14.0. The van der Waals surface area contributed by atoms with Crippen LogP contribution in [0.3, 0.4) is 0 Å². The highest BCUT2D eigenvalue weighted by Gasteiger charge is 2.43. The average Bonchev–Trinajstić information content (AvgIpc) is 2.77. The van der Waals surface area contributed by atoms with Crippen molar-refractivity contribution in [3.63, 3.8) is 0 Å². The zero-order valence-electron chi connectivity index (χ0n) is 11.2. The summed E-state index contributed by atoms with van der Waals surface area (Å²) in [6.07, 6.45) is 4.86. The number of hydrogen-bond donors (Lipinski definition) is 2. The molecule has 0 aliphatic heterocycles. The molecule has 3 nitrogen and oxygen atoms in total. The van der Waals surface area contributed by atoms with Gasteiger partial charge >= 0.3 is 0 Å². The van der Waals surface area contributed by atoms with E-state index in [1.54, 1.807) is 0 Å². The van der Waals surface area contributed by atoms with Crippen LogP contribution in [-0.2, 0) is 0 Å². The van der Waals surface area contributed by atoms with Crippen molar-refractivity contribution in [1.29, 1.82) is 0 Å². The molecule has 1 saturated carbocycles. The van der Waals surface area contributed by atoms with E-state index in [4.69, 9.17) is 10.2 Å². The number of rotatable bonds is 4. The molecule has 1 fully saturated rings. The number of aliphatic hydroxyl groups is 1. The Hall–Kier alpha value is 0.160. The maximum atomic E-state index is 10.7. The molecule has 3 unspecified atom stereocenters. The Bertz CT molecular complexity index is 416. The second-order valence-corrected chi connectivity index (χ2v) is 7.18. The molecule has 19 heavy (non-hydrogen) atoms. The average molecular weight is 395 g/mol. The molecule has 0 spiro atoms. The Labute approximate surface area is 131 Å². The fourth-order valence-corrected chi connectivity index (χ4v) is 3.82. The normalized spacial score (nSPS) is 29.4. The monoisotopic (exact) mass is 393 g/mol. The molecule has 1 heterocycles. The van der Waals surface area contributed by atoms with Gasteiger partial charge in [-0.05, 0) is 56.7 Å². The summed E-state index contributed by atoms with van der Waals surface area (Å²) in [5.74, 6) is 1.26. The van der Waals surface area contributed by atoms with Gasteiger partial charge in [0.25, 0.3) is 0 Å². The predicted molar refractivity (Wildman–Crippen MR) is 82.8 cm³/mol. The first-order valence-corrected chi connectivity index (χ1v) is 8.44. The lowest BCUT2D eigenvalue weighted by atomic mass is 9.65. The van der Waals surface area contributed by atoms with E-state index in [9.17, 15) is 5.11 Å². The molecule has 108 valence electrons. The predicted octanol–water partition coefficient (Wildman–Crippen LogP) is 4.38. The molecule has 3 atom stereocenters. The van der Waals surface area contributed by atoms with Crippen molar-refractivity contribution in [1.82, 2.24) is 0 Å². The number of halogens is 2. The standard InChI is InChI=1S/C14H21Br2NO2/c1-2-9-4-3-5-14(7-9,8-17)12(18)11-6-10(15)13(16)19-11/h6,9,12,18H,2-5,7-8,17H2,1H3. The molecule has 1 aliphatic rings. The van der Waals surface area contributed by atoms with Crippen molar-refractivity contribution < 1.29 is 9.52 Å². The van der Waals surface area contributed by atoms with Gasteiger partial charge in [-0.1, -0.05) is 26.2 Å². The summed E-state index contributed by atoms with van der Waals surface area (Å²) >= 11 is 6.71. The first kappa shape index (κ1) is 15.5. The molecule has 1 aromatic heterocycles. The molecule has 3 N–H and O–H groups in total. The van der Waals surface area contributed by atoms with Gasteiger partial charge in [0.15, 0.2) is 4.67 Å². The molecule has 1 aromatic rings. The van der Waals surface area contributed by atoms with Crippen LogP contribution in [0.4, 0.5) is 0 Å². The minimum absolute atomic E-state index is 0.240. The second kappa shape index (κ2) is 6.29. The van der Waals surface area contributed by atoms with Gasteiger partial charge in [0.1, 0.15) is 11.9 Å². The van der Waals surface area contributed by atoms with Gasteiger partial charge in [-0.3, -0.25) is 0 Å². The molecule has 0 saturated heterocycles. The largest absolute Gasteiger partial charge is 0.450 e. The zero-order valence-corrected chi connectivity index (χ0v) is 14.3. The third-order valence-corrected chi connectivity index (χ3v) is 6.19. The Morgan fingerprint density at radius 3 is 2.84 bits per heavy atom. The Morgan fingerprint density at radius 1 is 1.58 bits per heavy atom.